The number of allylic oxidation sites excluding steroid dienone is 1. The number of nitrogens with zero attached hydrogens (tertiary/aromatic N) is 4. The number of aliphatic hydroxyl groups excluding tert-OH is 1. The smallest absolute Gasteiger partial charge is 0.121 e. The summed E-state index contributed by atoms with van der Waals surface area (Å²) >= 11 is 9.22. The maximum absolute atomic E-state index is 8.06. The standard InChI is InChI=1S/2C6H6.2C4H10N2.C3H8O.C3H6.C2H3I3.C2H4I.2C2H6.2CH4.CH3.V.4W/c2*1-2-4-6-5-3-1;2*1-5-4-6(2)3;1-3(2)4;1-3-2;1-2(3,4)5;1-2-3;2*1-2;;;;;;;;/h2*1-6H;2*4H,1-3H3;3-4H,1-2H3;3H,1H2,2H3;1H3;2H,1H3;2*1-2H3;2*1H4;1H3;;;;;/q;;;;;;;-1;;;;;-1;;;;;. The van der Waals surface area contributed by atoms with E-state index in [2.05, 4.69) is 114 Å². The first-order valence-electron chi connectivity index (χ1n) is 14.0. The molecule has 1 N–H and O–H groups in total. The Morgan fingerprint density at radius 1 is 0.667 bits per heavy atom. The Balaban J connectivity index is -0.0000000191. The summed E-state index contributed by atoms with van der Waals surface area (Å²) in [4.78, 5) is 11.2. The molecule has 0 unspecified atom stereocenters. The van der Waals surface area contributed by atoms with Gasteiger partial charge in [-0.05, 0) is 27.7 Å². The van der Waals surface area contributed by atoms with Crippen molar-refractivity contribution in [3.05, 3.63) is 97.3 Å². The van der Waals surface area contributed by atoms with Crippen LogP contribution in [0.1, 0.15) is 77.2 Å². The van der Waals surface area contributed by atoms with Crippen molar-refractivity contribution in [2.24, 2.45) is 9.98 Å². The number of rotatable bonds is 2. The van der Waals surface area contributed by atoms with Gasteiger partial charge in [-0.15, -0.1) is 6.58 Å². The fraction of sp³-hybridized carbons (Fsp3) is 0.514. The molecule has 14 heteroatoms. The summed E-state index contributed by atoms with van der Waals surface area (Å²) in [6, 6.07) is 24.0. The van der Waals surface area contributed by atoms with Crippen LogP contribution in [0.4, 0.5) is 0 Å². The minimum Gasteiger partial charge on any atom is -0.394 e. The Morgan fingerprint density at radius 2 is 0.745 bits per heavy atom. The van der Waals surface area contributed by atoms with Gasteiger partial charge in [-0.2, -0.15) is 6.92 Å². The average Bonchev–Trinajstić information content (AvgIpc) is 2.94. The normalized spacial score (nSPS) is 6.92. The van der Waals surface area contributed by atoms with Gasteiger partial charge in [-0.25, -0.2) is 0 Å². The van der Waals surface area contributed by atoms with Gasteiger partial charge in [-0.3, -0.25) is 14.4 Å². The average molecular weight is 1890 g/mol. The van der Waals surface area contributed by atoms with Gasteiger partial charge in [0.25, 0.3) is 0 Å². The van der Waals surface area contributed by atoms with Gasteiger partial charge in [-0.1, -0.05) is 189 Å². The second-order valence-corrected chi connectivity index (χ2v) is 21.4. The van der Waals surface area contributed by atoms with Gasteiger partial charge in [0.15, 0.2) is 0 Å². The van der Waals surface area contributed by atoms with Crippen LogP contribution in [-0.2, 0) is 103 Å². The van der Waals surface area contributed by atoms with Crippen molar-refractivity contribution in [2.45, 2.75) is 82.7 Å². The molecule has 0 atom stereocenters. The third-order valence-electron chi connectivity index (χ3n) is 2.03. The van der Waals surface area contributed by atoms with E-state index in [-0.39, 0.29) is 131 Å². The van der Waals surface area contributed by atoms with Crippen LogP contribution in [0.25, 0.3) is 0 Å². The van der Waals surface area contributed by atoms with Crippen molar-refractivity contribution in [1.29, 1.82) is 0 Å². The molecule has 0 heterocycles. The quantitative estimate of drug-likeness (QED) is 0.0814. The molecule has 0 amide bonds. The van der Waals surface area contributed by atoms with Crippen LogP contribution in [0.5, 0.6) is 0 Å². The van der Waals surface area contributed by atoms with Gasteiger partial charge >= 0.3 is 0 Å². The third kappa shape index (κ3) is 309. The van der Waals surface area contributed by atoms with Gasteiger partial charge in [0, 0.05) is 151 Å². The van der Waals surface area contributed by atoms with Crippen molar-refractivity contribution in [3.63, 3.8) is 0 Å². The predicted octanol–water partition coefficient (Wildman–Crippen LogP) is 13.7. The summed E-state index contributed by atoms with van der Waals surface area (Å²) in [5.74, 6) is 0. The predicted molar refractivity (Wildman–Crippen MR) is 259 cm³/mol. The molecular formula is C37H76I4N4OVW4-2. The fourth-order valence-electron chi connectivity index (χ4n) is 1.23. The van der Waals surface area contributed by atoms with E-state index in [1.165, 1.54) is 0 Å². The van der Waals surface area contributed by atoms with E-state index >= 15 is 0 Å². The molecule has 0 aliphatic carbocycles. The number of alkyl halides is 3. The van der Waals surface area contributed by atoms with Crippen LogP contribution < -0.4 is 0 Å². The summed E-state index contributed by atoms with van der Waals surface area (Å²) in [5.41, 5.74) is 0. The first kappa shape index (κ1) is 105. The Labute approximate surface area is 446 Å². The summed E-state index contributed by atoms with van der Waals surface area (Å²) in [6.45, 7) is 20.8. The Bertz CT molecular complexity index is 600. The van der Waals surface area contributed by atoms with E-state index < -0.39 is 0 Å². The fourth-order valence-corrected chi connectivity index (χ4v) is 1.23. The molecule has 51 heavy (non-hydrogen) atoms. The first-order chi connectivity index (χ1) is 20.1. The zero-order valence-corrected chi connectivity index (χ0v) is 54.6. The van der Waals surface area contributed by atoms with Crippen molar-refractivity contribution in [3.8, 4) is 0 Å². The molecule has 309 valence electrons. The molecule has 0 aromatic heterocycles. The molecular weight excluding hydrogens is 1810 g/mol. The molecule has 2 aromatic carbocycles. The van der Waals surface area contributed by atoms with Gasteiger partial charge in [0.2, 0.25) is 0 Å². The minimum absolute atomic E-state index is 0. The van der Waals surface area contributed by atoms with Crippen molar-refractivity contribution >= 4 is 103 Å². The van der Waals surface area contributed by atoms with E-state index in [9.17, 15) is 0 Å². The minimum atomic E-state index is -0.167. The van der Waals surface area contributed by atoms with Crippen LogP contribution in [0.3, 0.4) is 0 Å². The number of hydrogen-bond donors (Lipinski definition) is 1. The first-order valence-corrected chi connectivity index (χ1v) is 18.5. The third-order valence-corrected chi connectivity index (χ3v) is 2.03. The number of aliphatic hydroxyl groups is 1. The number of aliphatic imine (C=N–C) groups is 2. The summed E-state index contributed by atoms with van der Waals surface area (Å²) in [6.07, 6.45) is 5.08. The molecule has 0 saturated heterocycles. The molecule has 2 rings (SSSR count). The number of benzene rings is 2. The maximum atomic E-state index is 8.06. The number of halogens is 4. The van der Waals surface area contributed by atoms with Crippen molar-refractivity contribution < 1.29 is 108 Å². The van der Waals surface area contributed by atoms with Crippen LogP contribution in [0.2, 0.25) is 0 Å². The van der Waals surface area contributed by atoms with Gasteiger partial charge in [0.05, 0.1) is 12.7 Å². The van der Waals surface area contributed by atoms with E-state index in [0.717, 1.165) is 0 Å². The molecule has 0 saturated carbocycles. The largest absolute Gasteiger partial charge is 0.394 e. The molecule has 0 fully saturated rings. The Hall–Kier alpha value is 3.34. The Kier molecular flexibility index (Phi) is 228. The summed E-state index contributed by atoms with van der Waals surface area (Å²) < 4.78 is 2.38. The monoisotopic (exact) mass is 1890 g/mol. The molecule has 2 aromatic rings. The Morgan fingerprint density at radius 3 is 0.765 bits per heavy atom. The molecule has 0 spiro atoms. The van der Waals surface area contributed by atoms with Crippen molar-refractivity contribution in [1.82, 2.24) is 9.80 Å². The zero-order valence-electron chi connectivity index (χ0n) is 32.9. The molecule has 5 nitrogen and oxygen atoms in total. The van der Waals surface area contributed by atoms with Gasteiger partial charge < -0.3 is 44.9 Å². The molecule has 0 aliphatic rings. The SMILES string of the molecule is C.C.C=CC.CC.CC.CC(C)O.CC(I)(I)I.CN=CN(C)C.CN=CN(C)C.C[CH-]I.[CH3-].[V].[W].[W].[W].[W].c1ccccc1.c1ccccc1. The molecule has 0 aliphatic heterocycles. The van der Waals surface area contributed by atoms with Crippen molar-refractivity contribution in [2.75, 3.05) is 42.3 Å². The zero-order chi connectivity index (χ0) is 36.0. The summed E-state index contributed by atoms with van der Waals surface area (Å²) in [7, 11) is 11.2. The van der Waals surface area contributed by atoms with Gasteiger partial charge in [0.1, 0.15) is -0.565 Å². The second-order valence-electron chi connectivity index (χ2n) is 7.49. The van der Waals surface area contributed by atoms with Crippen LogP contribution in [-0.4, -0.2) is 75.4 Å². The second kappa shape index (κ2) is 111. The maximum Gasteiger partial charge on any atom is 0.121 e. The van der Waals surface area contributed by atoms with Crippen LogP contribution >= 0.6 is 90.4 Å². The molecule has 0 bridgehead atoms. The van der Waals surface area contributed by atoms with E-state index in [4.69, 9.17) is 5.11 Å². The topological polar surface area (TPSA) is 51.4 Å². The van der Waals surface area contributed by atoms with Crippen LogP contribution in [0, 0.1) is 11.9 Å². The van der Waals surface area contributed by atoms with E-state index in [0.29, 0.717) is -0.565 Å². The van der Waals surface area contributed by atoms with E-state index in [1.807, 2.05) is 157 Å². The molecule has 1 radical (unpaired) electrons. The summed E-state index contributed by atoms with van der Waals surface area (Å²) in [5, 5.41) is 8.06. The number of hydrogen-bond acceptors (Lipinski definition) is 3. The van der Waals surface area contributed by atoms with E-state index in [1.54, 1.807) is 46.7 Å². The van der Waals surface area contributed by atoms with Crippen LogP contribution in [0.15, 0.2) is 95.4 Å².